The number of nitrogens with one attached hydrogen (secondary N) is 2. The Morgan fingerprint density at radius 3 is 2.32 bits per heavy atom. The van der Waals surface area contributed by atoms with Crippen LogP contribution in [0.25, 0.3) is 0 Å². The number of aliphatic imine (C=N–C) groups is 1. The lowest BCUT2D eigenvalue weighted by atomic mass is 10.1. The van der Waals surface area contributed by atoms with Crippen LogP contribution in [-0.2, 0) is 14.4 Å². The first kappa shape index (κ1) is 19.6. The number of aliphatic carboxylic acids is 1. The molecule has 0 heterocycles. The monoisotopic (exact) mass is 318 g/mol. The molecule has 0 aliphatic rings. The number of hydrogen-bond donors (Lipinski definition) is 7. The van der Waals surface area contributed by atoms with Crippen molar-refractivity contribution in [3.05, 3.63) is 0 Å². The molecule has 10 N–H and O–H groups in total. The molecule has 11 nitrogen and oxygen atoms in total. The van der Waals surface area contributed by atoms with Gasteiger partial charge in [-0.2, -0.15) is 0 Å². The summed E-state index contributed by atoms with van der Waals surface area (Å²) in [6.45, 7) is -0.915. The maximum Gasteiger partial charge on any atom is 0.322 e. The van der Waals surface area contributed by atoms with Gasteiger partial charge in [0.15, 0.2) is 5.96 Å². The van der Waals surface area contributed by atoms with Gasteiger partial charge in [0.05, 0.1) is 6.61 Å². The van der Waals surface area contributed by atoms with Gasteiger partial charge in [-0.05, 0) is 12.8 Å². The molecule has 2 amide bonds. The molecule has 0 aromatic rings. The van der Waals surface area contributed by atoms with Crippen LogP contribution in [0.4, 0.5) is 0 Å². The zero-order valence-electron chi connectivity index (χ0n) is 12.0. The summed E-state index contributed by atoms with van der Waals surface area (Å²) in [5, 5.41) is 21.8. The molecule has 0 aromatic heterocycles. The standard InChI is InChI=1S/C11H22N6O5/c12-6(5-18)9(21)17-7(2-1-3-15-11(13)14)10(22)16-4-8(19)20/h6-7,18H,1-5,12H2,(H,16,22)(H,17,21)(H,19,20)(H4,13,14,15). The predicted molar refractivity (Wildman–Crippen MR) is 77.5 cm³/mol. The Bertz CT molecular complexity index is 423. The molecule has 0 saturated heterocycles. The molecule has 0 aliphatic heterocycles. The van der Waals surface area contributed by atoms with Crippen molar-refractivity contribution < 1.29 is 24.6 Å². The lowest BCUT2D eigenvalue weighted by molar-refractivity contribution is -0.138. The van der Waals surface area contributed by atoms with Crippen LogP contribution in [0, 0.1) is 0 Å². The van der Waals surface area contributed by atoms with Crippen LogP contribution in [0.1, 0.15) is 12.8 Å². The van der Waals surface area contributed by atoms with Crippen molar-refractivity contribution in [3.63, 3.8) is 0 Å². The van der Waals surface area contributed by atoms with Crippen molar-refractivity contribution >= 4 is 23.7 Å². The Hall–Kier alpha value is -2.40. The summed E-state index contributed by atoms with van der Waals surface area (Å²) in [5.41, 5.74) is 15.7. The average Bonchev–Trinajstić information content (AvgIpc) is 2.46. The fourth-order valence-corrected chi connectivity index (χ4v) is 1.42. The van der Waals surface area contributed by atoms with E-state index in [1.54, 1.807) is 0 Å². The zero-order valence-corrected chi connectivity index (χ0v) is 12.0. The molecular formula is C11H22N6O5. The highest BCUT2D eigenvalue weighted by Gasteiger charge is 2.23. The third-order valence-corrected chi connectivity index (χ3v) is 2.53. The minimum atomic E-state index is -1.22. The average molecular weight is 318 g/mol. The van der Waals surface area contributed by atoms with E-state index in [9.17, 15) is 14.4 Å². The molecule has 0 aliphatic carbocycles. The molecule has 0 radical (unpaired) electrons. The Morgan fingerprint density at radius 2 is 1.82 bits per heavy atom. The number of carboxylic acid groups (broad SMARTS) is 1. The second kappa shape index (κ2) is 10.3. The maximum atomic E-state index is 11.8. The Morgan fingerprint density at radius 1 is 1.18 bits per heavy atom. The molecule has 22 heavy (non-hydrogen) atoms. The zero-order chi connectivity index (χ0) is 17.1. The number of guanidine groups is 1. The number of amides is 2. The van der Waals surface area contributed by atoms with Crippen LogP contribution in [0.5, 0.6) is 0 Å². The molecule has 0 spiro atoms. The Kier molecular flexibility index (Phi) is 9.22. The quantitative estimate of drug-likeness (QED) is 0.120. The van der Waals surface area contributed by atoms with Gasteiger partial charge >= 0.3 is 5.97 Å². The van der Waals surface area contributed by atoms with Crippen molar-refractivity contribution in [2.45, 2.75) is 24.9 Å². The van der Waals surface area contributed by atoms with Gasteiger partial charge in [0.2, 0.25) is 11.8 Å². The van der Waals surface area contributed by atoms with Crippen LogP contribution in [-0.4, -0.2) is 65.7 Å². The minimum Gasteiger partial charge on any atom is -0.480 e. The van der Waals surface area contributed by atoms with E-state index in [1.165, 1.54) is 0 Å². The molecule has 0 bridgehead atoms. The third-order valence-electron chi connectivity index (χ3n) is 2.53. The smallest absolute Gasteiger partial charge is 0.322 e. The summed E-state index contributed by atoms with van der Waals surface area (Å²) in [7, 11) is 0. The van der Waals surface area contributed by atoms with Crippen LogP contribution in [0.15, 0.2) is 4.99 Å². The number of nitrogens with zero attached hydrogens (tertiary/aromatic N) is 1. The van der Waals surface area contributed by atoms with Gasteiger partial charge < -0.3 is 38.0 Å². The minimum absolute atomic E-state index is 0.0989. The van der Waals surface area contributed by atoms with Crippen molar-refractivity contribution in [2.75, 3.05) is 19.7 Å². The lowest BCUT2D eigenvalue weighted by Crippen LogP contribution is -2.53. The molecule has 0 rings (SSSR count). The summed E-state index contributed by atoms with van der Waals surface area (Å²) >= 11 is 0. The number of nitrogens with two attached hydrogens (primary N) is 3. The van der Waals surface area contributed by atoms with Gasteiger partial charge in [0, 0.05) is 6.54 Å². The molecule has 0 saturated carbocycles. The molecule has 126 valence electrons. The van der Waals surface area contributed by atoms with Crippen molar-refractivity contribution in [2.24, 2.45) is 22.2 Å². The lowest BCUT2D eigenvalue weighted by Gasteiger charge is -2.19. The SMILES string of the molecule is NC(N)=NCCCC(NC(=O)C(N)CO)C(=O)NCC(=O)O. The number of hydrogen-bond acceptors (Lipinski definition) is 6. The fraction of sp³-hybridized carbons (Fsp3) is 0.636. The largest absolute Gasteiger partial charge is 0.480 e. The first-order valence-electron chi connectivity index (χ1n) is 6.49. The number of carbonyl (C=O) groups excluding carboxylic acids is 2. The van der Waals surface area contributed by atoms with Crippen molar-refractivity contribution in [1.29, 1.82) is 0 Å². The summed E-state index contributed by atoms with van der Waals surface area (Å²) in [6.07, 6.45) is 0.545. The predicted octanol–water partition coefficient (Wildman–Crippen LogP) is -3.95. The van der Waals surface area contributed by atoms with Crippen LogP contribution < -0.4 is 27.8 Å². The van der Waals surface area contributed by atoms with E-state index in [0.717, 1.165) is 0 Å². The van der Waals surface area contributed by atoms with Gasteiger partial charge in [-0.1, -0.05) is 0 Å². The molecule has 2 atom stereocenters. The van der Waals surface area contributed by atoms with E-state index in [-0.39, 0.29) is 18.9 Å². The fourth-order valence-electron chi connectivity index (χ4n) is 1.42. The number of aliphatic hydroxyl groups excluding tert-OH is 1. The normalized spacial score (nSPS) is 12.8. The van der Waals surface area contributed by atoms with Crippen molar-refractivity contribution in [3.8, 4) is 0 Å². The number of carboxylic acids is 1. The van der Waals surface area contributed by atoms with E-state index < -0.39 is 43.0 Å². The van der Waals surface area contributed by atoms with E-state index in [2.05, 4.69) is 15.6 Å². The molecule has 0 aromatic carbocycles. The highest BCUT2D eigenvalue weighted by molar-refractivity contribution is 5.91. The molecule has 11 heteroatoms. The second-order valence-electron chi connectivity index (χ2n) is 4.41. The first-order chi connectivity index (χ1) is 10.3. The van der Waals surface area contributed by atoms with E-state index in [0.29, 0.717) is 6.42 Å². The van der Waals surface area contributed by atoms with Crippen molar-refractivity contribution in [1.82, 2.24) is 10.6 Å². The second-order valence-corrected chi connectivity index (χ2v) is 4.41. The highest BCUT2D eigenvalue weighted by atomic mass is 16.4. The summed E-state index contributed by atoms with van der Waals surface area (Å²) in [6, 6.07) is -2.17. The van der Waals surface area contributed by atoms with E-state index >= 15 is 0 Å². The van der Waals surface area contributed by atoms with Gasteiger partial charge in [-0.15, -0.1) is 0 Å². The van der Waals surface area contributed by atoms with Gasteiger partial charge in [0.25, 0.3) is 0 Å². The van der Waals surface area contributed by atoms with Gasteiger partial charge in [-0.3, -0.25) is 19.4 Å². The van der Waals surface area contributed by atoms with Crippen LogP contribution in [0.2, 0.25) is 0 Å². The summed E-state index contributed by atoms with van der Waals surface area (Å²) in [4.78, 5) is 37.6. The number of aliphatic hydroxyl groups is 1. The van der Waals surface area contributed by atoms with Gasteiger partial charge in [-0.25, -0.2) is 0 Å². The Labute approximate surface area is 126 Å². The highest BCUT2D eigenvalue weighted by Crippen LogP contribution is 1.99. The molecule has 2 unspecified atom stereocenters. The van der Waals surface area contributed by atoms with Crippen LogP contribution in [0.3, 0.4) is 0 Å². The maximum absolute atomic E-state index is 11.8. The van der Waals surface area contributed by atoms with E-state index in [1.807, 2.05) is 0 Å². The number of carbonyl (C=O) groups is 3. The topological polar surface area (TPSA) is 206 Å². The van der Waals surface area contributed by atoms with E-state index in [4.69, 9.17) is 27.4 Å². The Balaban J connectivity index is 4.60. The van der Waals surface area contributed by atoms with Crippen LogP contribution >= 0.6 is 0 Å². The van der Waals surface area contributed by atoms with Gasteiger partial charge in [0.1, 0.15) is 18.6 Å². The molecular weight excluding hydrogens is 296 g/mol. The summed E-state index contributed by atoms with van der Waals surface area (Å²) in [5.74, 6) is -2.71. The first-order valence-corrected chi connectivity index (χ1v) is 6.49. The third kappa shape index (κ3) is 8.71. The summed E-state index contributed by atoms with van der Waals surface area (Å²) < 4.78 is 0. The number of rotatable bonds is 10. The molecule has 0 fully saturated rings.